The summed E-state index contributed by atoms with van der Waals surface area (Å²) in [5.74, 6) is 2.21. The van der Waals surface area contributed by atoms with Gasteiger partial charge in [-0.25, -0.2) is 0 Å². The Morgan fingerprint density at radius 1 is 1.33 bits per heavy atom. The largest absolute Gasteiger partial charge is 0.465 e. The van der Waals surface area contributed by atoms with Crippen molar-refractivity contribution in [3.8, 4) is 0 Å². The highest BCUT2D eigenvalue weighted by molar-refractivity contribution is 5.21. The first-order valence-electron chi connectivity index (χ1n) is 8.40. The number of nitrogens with zero attached hydrogens (tertiary/aromatic N) is 2. The molecule has 0 radical (unpaired) electrons. The Kier molecular flexibility index (Phi) is 4.67. The van der Waals surface area contributed by atoms with Crippen LogP contribution in [0.5, 0.6) is 0 Å². The number of likely N-dealkylation sites (N-methyl/N-ethyl adjacent to an activating group) is 1. The van der Waals surface area contributed by atoms with Crippen molar-refractivity contribution in [1.29, 1.82) is 0 Å². The summed E-state index contributed by atoms with van der Waals surface area (Å²) in [5, 5.41) is 3.57. The lowest BCUT2D eigenvalue weighted by atomic mass is 10.1. The van der Waals surface area contributed by atoms with Gasteiger partial charge < -0.3 is 14.6 Å². The monoisotopic (exact) mass is 291 g/mol. The van der Waals surface area contributed by atoms with E-state index in [1.54, 1.807) is 0 Å². The van der Waals surface area contributed by atoms with Gasteiger partial charge in [-0.15, -0.1) is 0 Å². The molecule has 0 amide bonds. The van der Waals surface area contributed by atoms with Crippen LogP contribution in [0.3, 0.4) is 0 Å². The van der Waals surface area contributed by atoms with E-state index in [1.165, 1.54) is 24.8 Å². The molecule has 4 heteroatoms. The van der Waals surface area contributed by atoms with Gasteiger partial charge in [0.15, 0.2) is 0 Å². The van der Waals surface area contributed by atoms with Crippen LogP contribution < -0.4 is 5.32 Å². The highest BCUT2D eigenvalue weighted by Gasteiger charge is 2.24. The number of aryl methyl sites for hydroxylation is 1. The Bertz CT molecular complexity index is 467. The normalized spacial score (nSPS) is 24.6. The smallest absolute Gasteiger partial charge is 0.118 e. The average molecular weight is 291 g/mol. The molecule has 0 bridgehead atoms. The maximum Gasteiger partial charge on any atom is 0.118 e. The van der Waals surface area contributed by atoms with E-state index >= 15 is 0 Å². The first kappa shape index (κ1) is 15.1. The van der Waals surface area contributed by atoms with Crippen LogP contribution in [-0.4, -0.2) is 48.6 Å². The molecule has 4 nitrogen and oxygen atoms in total. The van der Waals surface area contributed by atoms with E-state index in [1.807, 2.05) is 0 Å². The second kappa shape index (κ2) is 6.51. The minimum atomic E-state index is 0.686. The van der Waals surface area contributed by atoms with Crippen molar-refractivity contribution in [1.82, 2.24) is 15.1 Å². The van der Waals surface area contributed by atoms with Crippen molar-refractivity contribution in [3.05, 3.63) is 23.2 Å². The summed E-state index contributed by atoms with van der Waals surface area (Å²) >= 11 is 0. The summed E-state index contributed by atoms with van der Waals surface area (Å²) in [6.45, 7) is 9.74. The molecule has 2 fully saturated rings. The SMILES string of the molecule is CCC1CN(Cc2cc(CNC3CC3)c(C)o2)CCN1C. The van der Waals surface area contributed by atoms with Crippen molar-refractivity contribution in [3.63, 3.8) is 0 Å². The molecule has 1 N–H and O–H groups in total. The molecule has 3 rings (SSSR count). The summed E-state index contributed by atoms with van der Waals surface area (Å²) in [4.78, 5) is 5.01. The molecule has 1 saturated carbocycles. The third kappa shape index (κ3) is 3.87. The van der Waals surface area contributed by atoms with Gasteiger partial charge in [-0.1, -0.05) is 6.92 Å². The summed E-state index contributed by atoms with van der Waals surface area (Å²) < 4.78 is 5.97. The summed E-state index contributed by atoms with van der Waals surface area (Å²) in [5.41, 5.74) is 1.33. The van der Waals surface area contributed by atoms with Crippen LogP contribution in [0.2, 0.25) is 0 Å². The van der Waals surface area contributed by atoms with Crippen molar-refractivity contribution >= 4 is 0 Å². The molecule has 0 spiro atoms. The molecule has 1 saturated heterocycles. The van der Waals surface area contributed by atoms with E-state index in [2.05, 4.69) is 42.1 Å². The Labute approximate surface area is 128 Å². The van der Waals surface area contributed by atoms with Gasteiger partial charge in [-0.3, -0.25) is 4.90 Å². The Balaban J connectivity index is 1.55. The van der Waals surface area contributed by atoms with Crippen molar-refractivity contribution < 1.29 is 4.42 Å². The molecule has 21 heavy (non-hydrogen) atoms. The van der Waals surface area contributed by atoms with E-state index in [9.17, 15) is 0 Å². The molecule has 1 aromatic heterocycles. The lowest BCUT2D eigenvalue weighted by Gasteiger charge is -2.38. The van der Waals surface area contributed by atoms with Crippen LogP contribution in [-0.2, 0) is 13.1 Å². The van der Waals surface area contributed by atoms with Gasteiger partial charge in [0.1, 0.15) is 11.5 Å². The molecule has 1 aliphatic heterocycles. The van der Waals surface area contributed by atoms with Crippen molar-refractivity contribution in [2.75, 3.05) is 26.7 Å². The minimum absolute atomic E-state index is 0.686. The van der Waals surface area contributed by atoms with Crippen LogP contribution in [0, 0.1) is 6.92 Å². The molecule has 2 heterocycles. The maximum absolute atomic E-state index is 5.97. The number of piperazine rings is 1. The number of rotatable bonds is 6. The molecule has 1 aliphatic carbocycles. The van der Waals surface area contributed by atoms with Crippen LogP contribution >= 0.6 is 0 Å². The number of nitrogens with one attached hydrogen (secondary N) is 1. The second-order valence-corrected chi connectivity index (χ2v) is 6.73. The molecule has 0 aromatic carbocycles. The second-order valence-electron chi connectivity index (χ2n) is 6.73. The van der Waals surface area contributed by atoms with Crippen molar-refractivity contribution in [2.24, 2.45) is 0 Å². The topological polar surface area (TPSA) is 31.6 Å². The fourth-order valence-electron chi connectivity index (χ4n) is 3.20. The quantitative estimate of drug-likeness (QED) is 0.872. The first-order chi connectivity index (χ1) is 10.2. The van der Waals surface area contributed by atoms with E-state index in [4.69, 9.17) is 4.42 Å². The van der Waals surface area contributed by atoms with E-state index in [0.717, 1.165) is 50.3 Å². The van der Waals surface area contributed by atoms with E-state index in [-0.39, 0.29) is 0 Å². The number of furan rings is 1. The number of hydrogen-bond acceptors (Lipinski definition) is 4. The summed E-state index contributed by atoms with van der Waals surface area (Å²) in [7, 11) is 2.24. The van der Waals surface area contributed by atoms with Gasteiger partial charge >= 0.3 is 0 Å². The zero-order valence-electron chi connectivity index (χ0n) is 13.7. The Morgan fingerprint density at radius 3 is 2.86 bits per heavy atom. The van der Waals surface area contributed by atoms with Crippen LogP contribution in [0.25, 0.3) is 0 Å². The molecule has 1 unspecified atom stereocenters. The van der Waals surface area contributed by atoms with Crippen molar-refractivity contribution in [2.45, 2.75) is 58.3 Å². The Hall–Kier alpha value is -0.840. The zero-order chi connectivity index (χ0) is 14.8. The fourth-order valence-corrected chi connectivity index (χ4v) is 3.20. The lowest BCUT2D eigenvalue weighted by molar-refractivity contribution is 0.0834. The standard InChI is InChI=1S/C17H29N3O/c1-4-16-11-20(8-7-19(16)3)12-17-9-14(13(2)21-17)10-18-15-5-6-15/h9,15-16,18H,4-8,10-12H2,1-3H3. The first-order valence-corrected chi connectivity index (χ1v) is 8.40. The van der Waals surface area contributed by atoms with Gasteiger partial charge in [0.2, 0.25) is 0 Å². The lowest BCUT2D eigenvalue weighted by Crippen LogP contribution is -2.50. The fraction of sp³-hybridized carbons (Fsp3) is 0.765. The summed E-state index contributed by atoms with van der Waals surface area (Å²) in [6, 6.07) is 3.70. The Morgan fingerprint density at radius 2 is 2.14 bits per heavy atom. The molecule has 1 aromatic rings. The predicted molar refractivity (Wildman–Crippen MR) is 85.3 cm³/mol. The molecule has 1 atom stereocenters. The van der Waals surface area contributed by atoms with Crippen LogP contribution in [0.1, 0.15) is 43.3 Å². The van der Waals surface area contributed by atoms with Gasteiger partial charge in [0.05, 0.1) is 6.54 Å². The minimum Gasteiger partial charge on any atom is -0.465 e. The predicted octanol–water partition coefficient (Wildman–Crippen LogP) is 2.37. The van der Waals surface area contributed by atoms with Gasteiger partial charge in [-0.05, 0) is 39.3 Å². The van der Waals surface area contributed by atoms with Crippen LogP contribution in [0.4, 0.5) is 0 Å². The highest BCUT2D eigenvalue weighted by atomic mass is 16.3. The summed E-state index contributed by atoms with van der Waals surface area (Å²) in [6.07, 6.45) is 3.90. The molecule has 118 valence electrons. The molecular formula is C17H29N3O. The molecule has 2 aliphatic rings. The van der Waals surface area contributed by atoms with Gasteiger partial charge in [-0.2, -0.15) is 0 Å². The zero-order valence-corrected chi connectivity index (χ0v) is 13.7. The third-order valence-electron chi connectivity index (χ3n) is 4.94. The average Bonchev–Trinajstić information content (AvgIpc) is 3.23. The van der Waals surface area contributed by atoms with Gasteiger partial charge in [0.25, 0.3) is 0 Å². The van der Waals surface area contributed by atoms with Crippen LogP contribution in [0.15, 0.2) is 10.5 Å². The van der Waals surface area contributed by atoms with Gasteiger partial charge in [0, 0.05) is 43.8 Å². The highest BCUT2D eigenvalue weighted by Crippen LogP contribution is 2.22. The third-order valence-corrected chi connectivity index (χ3v) is 4.94. The molecular weight excluding hydrogens is 262 g/mol. The van der Waals surface area contributed by atoms with E-state index in [0.29, 0.717) is 6.04 Å². The number of hydrogen-bond donors (Lipinski definition) is 1. The maximum atomic E-state index is 5.97. The van der Waals surface area contributed by atoms with E-state index < -0.39 is 0 Å².